The first kappa shape index (κ1) is 21.3. The standard InChI is InChI=1S/C21H30O6S/c1-21(20(22)23,16-9-11-17(12-10-16)28(2,24)25)14-15-6-5-7-18(15)27-19-8-3-4-13-26-19/h9-12,15,18-19H,3-8,13-14H2,1-2H3,(H,22,23). The van der Waals surface area contributed by atoms with E-state index in [9.17, 15) is 18.3 Å². The van der Waals surface area contributed by atoms with Crippen molar-refractivity contribution in [2.45, 2.75) is 74.6 Å². The number of sulfone groups is 1. The molecule has 1 aliphatic heterocycles. The summed E-state index contributed by atoms with van der Waals surface area (Å²) in [4.78, 5) is 12.4. The molecule has 4 unspecified atom stereocenters. The number of carboxylic acid groups (broad SMARTS) is 1. The van der Waals surface area contributed by atoms with Crippen molar-refractivity contribution in [2.75, 3.05) is 12.9 Å². The second-order valence-corrected chi connectivity index (χ2v) is 10.3. The monoisotopic (exact) mass is 410 g/mol. The van der Waals surface area contributed by atoms with Gasteiger partial charge in [0, 0.05) is 12.9 Å². The van der Waals surface area contributed by atoms with Crippen LogP contribution < -0.4 is 0 Å². The highest BCUT2D eigenvalue weighted by molar-refractivity contribution is 7.90. The van der Waals surface area contributed by atoms with Gasteiger partial charge in [-0.2, -0.15) is 0 Å². The average molecular weight is 411 g/mol. The molecule has 0 radical (unpaired) electrons. The van der Waals surface area contributed by atoms with Crippen LogP contribution in [0.4, 0.5) is 0 Å². The first-order valence-electron chi connectivity index (χ1n) is 10.0. The van der Waals surface area contributed by atoms with Gasteiger partial charge >= 0.3 is 5.97 Å². The summed E-state index contributed by atoms with van der Waals surface area (Å²) in [5, 5.41) is 10.00. The number of aliphatic carboxylic acids is 1. The highest BCUT2D eigenvalue weighted by Crippen LogP contribution is 2.40. The van der Waals surface area contributed by atoms with Crippen LogP contribution in [-0.2, 0) is 29.5 Å². The Morgan fingerprint density at radius 2 is 1.89 bits per heavy atom. The summed E-state index contributed by atoms with van der Waals surface area (Å²) in [5.74, 6) is -0.764. The minimum absolute atomic E-state index is 0.0112. The van der Waals surface area contributed by atoms with E-state index in [2.05, 4.69) is 0 Å². The Balaban J connectivity index is 1.76. The van der Waals surface area contributed by atoms with Crippen molar-refractivity contribution < 1.29 is 27.8 Å². The van der Waals surface area contributed by atoms with Crippen LogP contribution in [0.1, 0.15) is 57.4 Å². The molecule has 3 rings (SSSR count). The molecule has 1 aliphatic carbocycles. The van der Waals surface area contributed by atoms with Gasteiger partial charge in [-0.05, 0) is 69.1 Å². The summed E-state index contributed by atoms with van der Waals surface area (Å²) < 4.78 is 35.3. The van der Waals surface area contributed by atoms with Gasteiger partial charge in [0.05, 0.1) is 16.4 Å². The van der Waals surface area contributed by atoms with Crippen molar-refractivity contribution in [1.29, 1.82) is 0 Å². The minimum Gasteiger partial charge on any atom is -0.481 e. The van der Waals surface area contributed by atoms with E-state index in [1.165, 1.54) is 12.1 Å². The molecular weight excluding hydrogens is 380 g/mol. The highest BCUT2D eigenvalue weighted by atomic mass is 32.2. The Bertz CT molecular complexity index is 782. The van der Waals surface area contributed by atoms with Crippen LogP contribution >= 0.6 is 0 Å². The first-order chi connectivity index (χ1) is 13.2. The lowest BCUT2D eigenvalue weighted by molar-refractivity contribution is -0.195. The number of ether oxygens (including phenoxy) is 2. The number of carboxylic acids is 1. The number of hydrogen-bond acceptors (Lipinski definition) is 5. The molecule has 156 valence electrons. The van der Waals surface area contributed by atoms with Gasteiger partial charge in [0.15, 0.2) is 16.1 Å². The molecule has 1 aromatic rings. The Morgan fingerprint density at radius 1 is 1.18 bits per heavy atom. The molecule has 6 nitrogen and oxygen atoms in total. The molecular formula is C21H30O6S. The molecule has 2 fully saturated rings. The second kappa shape index (κ2) is 8.51. The zero-order valence-electron chi connectivity index (χ0n) is 16.6. The predicted octanol–water partition coefficient (Wildman–Crippen LogP) is 3.53. The Morgan fingerprint density at radius 3 is 2.46 bits per heavy atom. The van der Waals surface area contributed by atoms with Crippen LogP contribution in [0.2, 0.25) is 0 Å². The summed E-state index contributed by atoms with van der Waals surface area (Å²) in [7, 11) is -3.31. The van der Waals surface area contributed by atoms with Crippen molar-refractivity contribution in [3.8, 4) is 0 Å². The number of benzene rings is 1. The Hall–Kier alpha value is -1.44. The zero-order chi connectivity index (χ0) is 20.4. The highest BCUT2D eigenvalue weighted by Gasteiger charge is 2.42. The fourth-order valence-electron chi connectivity index (χ4n) is 4.35. The van der Waals surface area contributed by atoms with Gasteiger partial charge in [-0.15, -0.1) is 0 Å². The lowest BCUT2D eigenvalue weighted by Gasteiger charge is -2.33. The Labute approximate surface area is 167 Å². The third-order valence-corrected chi connectivity index (χ3v) is 7.24. The molecule has 1 heterocycles. The Kier molecular flexibility index (Phi) is 6.47. The topological polar surface area (TPSA) is 89.9 Å². The predicted molar refractivity (Wildman–Crippen MR) is 105 cm³/mol. The minimum atomic E-state index is -3.31. The van der Waals surface area contributed by atoms with E-state index < -0.39 is 21.2 Å². The van der Waals surface area contributed by atoms with Crippen LogP contribution in [0.25, 0.3) is 0 Å². The fraction of sp³-hybridized carbons (Fsp3) is 0.667. The van der Waals surface area contributed by atoms with E-state index in [1.807, 2.05) is 0 Å². The van der Waals surface area contributed by atoms with Gasteiger partial charge in [0.25, 0.3) is 0 Å². The van der Waals surface area contributed by atoms with E-state index >= 15 is 0 Å². The van der Waals surface area contributed by atoms with E-state index in [0.717, 1.165) is 51.4 Å². The average Bonchev–Trinajstić information content (AvgIpc) is 3.08. The SMILES string of the molecule is CC(CC1CCCC1OC1CCCCO1)(C(=O)O)c1ccc(S(C)(=O)=O)cc1. The second-order valence-electron chi connectivity index (χ2n) is 8.30. The molecule has 7 heteroatoms. The molecule has 2 aliphatic rings. The third kappa shape index (κ3) is 4.75. The molecule has 0 spiro atoms. The number of hydrogen-bond donors (Lipinski definition) is 1. The molecule has 1 N–H and O–H groups in total. The van der Waals surface area contributed by atoms with E-state index in [1.54, 1.807) is 19.1 Å². The maximum Gasteiger partial charge on any atom is 0.313 e. The lowest BCUT2D eigenvalue weighted by atomic mass is 9.74. The molecule has 28 heavy (non-hydrogen) atoms. The van der Waals surface area contributed by atoms with Gasteiger partial charge in [-0.3, -0.25) is 4.79 Å². The normalized spacial score (nSPS) is 28.0. The molecule has 1 aromatic carbocycles. The van der Waals surface area contributed by atoms with E-state index in [4.69, 9.17) is 9.47 Å². The van der Waals surface area contributed by atoms with Gasteiger partial charge in [0.2, 0.25) is 0 Å². The number of carbonyl (C=O) groups is 1. The summed E-state index contributed by atoms with van der Waals surface area (Å²) in [5.41, 5.74) is -0.480. The largest absolute Gasteiger partial charge is 0.481 e. The summed E-state index contributed by atoms with van der Waals surface area (Å²) >= 11 is 0. The van der Waals surface area contributed by atoms with E-state index in [-0.39, 0.29) is 23.2 Å². The lowest BCUT2D eigenvalue weighted by Crippen LogP contribution is -2.38. The summed E-state index contributed by atoms with van der Waals surface area (Å²) in [6, 6.07) is 6.23. The smallest absolute Gasteiger partial charge is 0.313 e. The zero-order valence-corrected chi connectivity index (χ0v) is 17.4. The van der Waals surface area contributed by atoms with Crippen LogP contribution in [0, 0.1) is 5.92 Å². The van der Waals surface area contributed by atoms with Crippen molar-refractivity contribution in [2.24, 2.45) is 5.92 Å². The molecule has 1 saturated heterocycles. The summed E-state index contributed by atoms with van der Waals surface area (Å²) in [6.45, 7) is 2.44. The molecule has 0 bridgehead atoms. The van der Waals surface area contributed by atoms with Gasteiger partial charge in [-0.1, -0.05) is 18.6 Å². The summed E-state index contributed by atoms with van der Waals surface area (Å²) in [6.07, 6.45) is 7.37. The first-order valence-corrected chi connectivity index (χ1v) is 11.9. The van der Waals surface area contributed by atoms with Crippen LogP contribution in [0.5, 0.6) is 0 Å². The number of rotatable bonds is 7. The molecule has 0 aromatic heterocycles. The van der Waals surface area contributed by atoms with Gasteiger partial charge in [-0.25, -0.2) is 8.42 Å². The maximum absolute atomic E-state index is 12.2. The third-order valence-electron chi connectivity index (χ3n) is 6.12. The van der Waals surface area contributed by atoms with Crippen LogP contribution in [0.3, 0.4) is 0 Å². The van der Waals surface area contributed by atoms with Crippen LogP contribution in [-0.4, -0.2) is 44.8 Å². The fourth-order valence-corrected chi connectivity index (χ4v) is 4.98. The van der Waals surface area contributed by atoms with Crippen molar-refractivity contribution in [3.05, 3.63) is 29.8 Å². The van der Waals surface area contributed by atoms with Crippen LogP contribution in [0.15, 0.2) is 29.2 Å². The quantitative estimate of drug-likeness (QED) is 0.739. The van der Waals surface area contributed by atoms with E-state index in [0.29, 0.717) is 12.0 Å². The van der Waals surface area contributed by atoms with Crippen molar-refractivity contribution in [3.63, 3.8) is 0 Å². The van der Waals surface area contributed by atoms with Crippen molar-refractivity contribution in [1.82, 2.24) is 0 Å². The van der Waals surface area contributed by atoms with Gasteiger partial charge < -0.3 is 14.6 Å². The molecule has 0 amide bonds. The molecule has 4 atom stereocenters. The molecule has 1 saturated carbocycles. The van der Waals surface area contributed by atoms with Crippen molar-refractivity contribution >= 4 is 15.8 Å². The maximum atomic E-state index is 12.2. The van der Waals surface area contributed by atoms with Gasteiger partial charge in [0.1, 0.15) is 0 Å².